The van der Waals surface area contributed by atoms with Crippen LogP contribution in [0.25, 0.3) is 0 Å². The van der Waals surface area contributed by atoms with E-state index in [9.17, 15) is 4.79 Å². The first kappa shape index (κ1) is 17.1. The number of esters is 1. The molecule has 5 heteroatoms. The molecule has 0 amide bonds. The van der Waals surface area contributed by atoms with E-state index in [2.05, 4.69) is 0 Å². The molecule has 25 heavy (non-hydrogen) atoms. The number of hydrogen-bond donors (Lipinski definition) is 0. The molecule has 0 aliphatic carbocycles. The molecule has 3 rings (SSSR count). The molecule has 2 aromatic rings. The van der Waals surface area contributed by atoms with Crippen molar-refractivity contribution in [2.75, 3.05) is 20.3 Å². The van der Waals surface area contributed by atoms with E-state index in [4.69, 9.17) is 18.9 Å². The maximum Gasteiger partial charge on any atom is 0.311 e. The van der Waals surface area contributed by atoms with E-state index in [-0.39, 0.29) is 12.4 Å². The lowest BCUT2D eigenvalue weighted by molar-refractivity contribution is -0.148. The molecule has 5 nitrogen and oxygen atoms in total. The zero-order valence-corrected chi connectivity index (χ0v) is 14.7. The number of fused-ring (bicyclic) bond motifs is 1. The molecule has 1 unspecified atom stereocenters. The summed E-state index contributed by atoms with van der Waals surface area (Å²) in [6, 6.07) is 11.3. The van der Waals surface area contributed by atoms with E-state index in [1.165, 1.54) is 0 Å². The molecule has 0 radical (unpaired) electrons. The molecule has 0 saturated heterocycles. The van der Waals surface area contributed by atoms with Gasteiger partial charge in [0, 0.05) is 5.56 Å². The summed E-state index contributed by atoms with van der Waals surface area (Å²) in [7, 11) is 1.62. The van der Waals surface area contributed by atoms with Gasteiger partial charge in [-0.1, -0.05) is 12.1 Å². The lowest BCUT2D eigenvalue weighted by Crippen LogP contribution is -2.22. The first-order chi connectivity index (χ1) is 12.2. The lowest BCUT2D eigenvalue weighted by Gasteiger charge is -2.27. The van der Waals surface area contributed by atoms with Gasteiger partial charge >= 0.3 is 5.97 Å². The normalized spacial score (nSPS) is 16.0. The van der Waals surface area contributed by atoms with Crippen LogP contribution in [0.5, 0.6) is 17.2 Å². The van der Waals surface area contributed by atoms with Crippen LogP contribution in [-0.2, 0) is 16.0 Å². The number of methoxy groups -OCH3 is 1. The van der Waals surface area contributed by atoms with Gasteiger partial charge in [-0.3, -0.25) is 4.79 Å². The fraction of sp³-hybridized carbons (Fsp3) is 0.350. The lowest BCUT2D eigenvalue weighted by atomic mass is 9.92. The number of benzene rings is 2. The predicted octanol–water partition coefficient (Wildman–Crippen LogP) is 3.68. The van der Waals surface area contributed by atoms with Crippen molar-refractivity contribution in [2.45, 2.75) is 26.4 Å². The second kappa shape index (κ2) is 7.47. The van der Waals surface area contributed by atoms with Crippen LogP contribution in [0.2, 0.25) is 0 Å². The first-order valence-corrected chi connectivity index (χ1v) is 8.42. The van der Waals surface area contributed by atoms with Gasteiger partial charge < -0.3 is 18.9 Å². The van der Waals surface area contributed by atoms with Gasteiger partial charge in [0.05, 0.1) is 26.7 Å². The molecule has 0 saturated carbocycles. The molecular formula is C20H22O5. The summed E-state index contributed by atoms with van der Waals surface area (Å²) in [5.41, 5.74) is 2.72. The minimum Gasteiger partial charge on any atom is -0.497 e. The molecular weight excluding hydrogens is 320 g/mol. The van der Waals surface area contributed by atoms with E-state index in [0.29, 0.717) is 24.7 Å². The Hall–Kier alpha value is -2.69. The molecule has 1 aliphatic rings. The summed E-state index contributed by atoms with van der Waals surface area (Å²) >= 11 is 0. The standard InChI is InChI=1S/C20H22O5/c1-4-23-17-10-14-11-19(21)25-20(16(14)12-18(17)24-5-2)13-6-8-15(22-3)9-7-13/h6-10,12,20H,4-5,11H2,1-3H3. The average molecular weight is 342 g/mol. The Morgan fingerprint density at radius 1 is 1.04 bits per heavy atom. The minimum absolute atomic E-state index is 0.231. The van der Waals surface area contributed by atoms with E-state index in [1.54, 1.807) is 7.11 Å². The summed E-state index contributed by atoms with van der Waals surface area (Å²) in [6.07, 6.45) is -0.230. The number of cyclic esters (lactones) is 1. The first-order valence-electron chi connectivity index (χ1n) is 8.42. The van der Waals surface area contributed by atoms with Crippen molar-refractivity contribution in [1.29, 1.82) is 0 Å². The highest BCUT2D eigenvalue weighted by Gasteiger charge is 2.30. The Labute approximate surface area is 147 Å². The maximum atomic E-state index is 12.1. The topological polar surface area (TPSA) is 54.0 Å². The molecule has 0 spiro atoms. The van der Waals surface area contributed by atoms with Crippen molar-refractivity contribution in [3.63, 3.8) is 0 Å². The highest BCUT2D eigenvalue weighted by molar-refractivity contribution is 5.77. The van der Waals surface area contributed by atoms with Gasteiger partial charge in [0.1, 0.15) is 5.75 Å². The number of rotatable bonds is 6. The highest BCUT2D eigenvalue weighted by Crippen LogP contribution is 2.40. The summed E-state index contributed by atoms with van der Waals surface area (Å²) < 4.78 is 22.2. The monoisotopic (exact) mass is 342 g/mol. The van der Waals surface area contributed by atoms with Crippen molar-refractivity contribution < 1.29 is 23.7 Å². The van der Waals surface area contributed by atoms with E-state index < -0.39 is 6.10 Å². The molecule has 1 heterocycles. The van der Waals surface area contributed by atoms with Crippen molar-refractivity contribution in [3.8, 4) is 17.2 Å². The van der Waals surface area contributed by atoms with Gasteiger partial charge in [-0.2, -0.15) is 0 Å². The Balaban J connectivity index is 2.05. The number of carbonyl (C=O) groups excluding carboxylic acids is 1. The van der Waals surface area contributed by atoms with E-state index >= 15 is 0 Å². The van der Waals surface area contributed by atoms with Crippen molar-refractivity contribution in [1.82, 2.24) is 0 Å². The van der Waals surface area contributed by atoms with Crippen LogP contribution < -0.4 is 14.2 Å². The summed E-state index contributed by atoms with van der Waals surface area (Å²) in [5, 5.41) is 0. The fourth-order valence-electron chi connectivity index (χ4n) is 2.97. The molecule has 1 aliphatic heterocycles. The van der Waals surface area contributed by atoms with Crippen LogP contribution in [0.3, 0.4) is 0 Å². The Morgan fingerprint density at radius 2 is 1.68 bits per heavy atom. The van der Waals surface area contributed by atoms with Crippen molar-refractivity contribution in [2.24, 2.45) is 0 Å². The molecule has 0 bridgehead atoms. The van der Waals surface area contributed by atoms with Crippen LogP contribution in [0.4, 0.5) is 0 Å². The highest BCUT2D eigenvalue weighted by atomic mass is 16.5. The fourth-order valence-corrected chi connectivity index (χ4v) is 2.97. The summed E-state index contributed by atoms with van der Waals surface area (Å²) in [4.78, 5) is 12.1. The molecule has 0 fully saturated rings. The van der Waals surface area contributed by atoms with Gasteiger partial charge in [0.2, 0.25) is 0 Å². The van der Waals surface area contributed by atoms with Crippen molar-refractivity contribution >= 4 is 5.97 Å². The van der Waals surface area contributed by atoms with Crippen LogP contribution >= 0.6 is 0 Å². The third kappa shape index (κ3) is 3.55. The second-order valence-corrected chi connectivity index (χ2v) is 5.68. The predicted molar refractivity (Wildman–Crippen MR) is 93.4 cm³/mol. The third-order valence-corrected chi connectivity index (χ3v) is 4.09. The molecule has 132 valence electrons. The largest absolute Gasteiger partial charge is 0.497 e. The Kier molecular flexibility index (Phi) is 5.12. The summed E-state index contributed by atoms with van der Waals surface area (Å²) in [5.74, 6) is 1.83. The maximum absolute atomic E-state index is 12.1. The third-order valence-electron chi connectivity index (χ3n) is 4.09. The van der Waals surface area contributed by atoms with Crippen LogP contribution in [-0.4, -0.2) is 26.3 Å². The quantitative estimate of drug-likeness (QED) is 0.750. The molecule has 2 aromatic carbocycles. The van der Waals surface area contributed by atoms with Gasteiger partial charge in [-0.05, 0) is 49.2 Å². The zero-order chi connectivity index (χ0) is 17.8. The van der Waals surface area contributed by atoms with E-state index in [1.807, 2.05) is 50.2 Å². The number of hydrogen-bond acceptors (Lipinski definition) is 5. The van der Waals surface area contributed by atoms with Gasteiger partial charge in [-0.15, -0.1) is 0 Å². The SMILES string of the molecule is CCOc1cc2c(cc1OCC)C(c1ccc(OC)cc1)OC(=O)C2. The summed E-state index contributed by atoms with van der Waals surface area (Å²) in [6.45, 7) is 4.91. The number of carbonyl (C=O) groups is 1. The molecule has 1 atom stereocenters. The zero-order valence-electron chi connectivity index (χ0n) is 14.7. The van der Waals surface area contributed by atoms with Gasteiger partial charge in [0.15, 0.2) is 17.6 Å². The van der Waals surface area contributed by atoms with Crippen molar-refractivity contribution in [3.05, 3.63) is 53.1 Å². The van der Waals surface area contributed by atoms with Crippen LogP contribution in [0.1, 0.15) is 36.6 Å². The Bertz CT molecular complexity index is 751. The minimum atomic E-state index is -0.461. The second-order valence-electron chi connectivity index (χ2n) is 5.68. The molecule has 0 N–H and O–H groups in total. The number of ether oxygens (including phenoxy) is 4. The Morgan fingerprint density at radius 3 is 2.28 bits per heavy atom. The smallest absolute Gasteiger partial charge is 0.311 e. The van der Waals surface area contributed by atoms with E-state index in [0.717, 1.165) is 22.4 Å². The average Bonchev–Trinajstić information content (AvgIpc) is 2.62. The molecule has 0 aromatic heterocycles. The van der Waals surface area contributed by atoms with Crippen LogP contribution in [0, 0.1) is 0 Å². The van der Waals surface area contributed by atoms with Gasteiger partial charge in [-0.25, -0.2) is 0 Å². The van der Waals surface area contributed by atoms with Crippen LogP contribution in [0.15, 0.2) is 36.4 Å². The van der Waals surface area contributed by atoms with Gasteiger partial charge in [0.25, 0.3) is 0 Å².